The molecule has 0 bridgehead atoms. The number of amides is 2. The van der Waals surface area contributed by atoms with E-state index in [4.69, 9.17) is 0 Å². The van der Waals surface area contributed by atoms with Crippen LogP contribution in [0.15, 0.2) is 16.8 Å². The molecule has 1 fully saturated rings. The molecule has 1 saturated heterocycles. The van der Waals surface area contributed by atoms with Crippen LogP contribution in [0.1, 0.15) is 19.4 Å². The molecule has 1 aromatic rings. The van der Waals surface area contributed by atoms with E-state index in [9.17, 15) is 9.59 Å². The van der Waals surface area contributed by atoms with Crippen molar-refractivity contribution < 1.29 is 9.59 Å². The highest BCUT2D eigenvalue weighted by Gasteiger charge is 2.41. The molecular formula is C11H14N2O2S. The molecule has 0 spiro atoms. The summed E-state index contributed by atoms with van der Waals surface area (Å²) in [6.07, 6.45) is 0. The number of hydrogen-bond acceptors (Lipinski definition) is 3. The summed E-state index contributed by atoms with van der Waals surface area (Å²) in [5.41, 5.74) is 0.304. The fraction of sp³-hybridized carbons (Fsp3) is 0.455. The molecule has 5 heteroatoms. The number of rotatable bonds is 2. The first kappa shape index (κ1) is 11.1. The van der Waals surface area contributed by atoms with E-state index in [1.54, 1.807) is 30.1 Å². The zero-order valence-electron chi connectivity index (χ0n) is 9.32. The second-order valence-corrected chi connectivity index (χ2v) is 5.13. The number of nitrogens with one attached hydrogen (secondary N) is 1. The number of carbonyl (C=O) groups is 2. The van der Waals surface area contributed by atoms with Crippen LogP contribution >= 0.6 is 11.3 Å². The molecule has 0 atom stereocenters. The zero-order chi connectivity index (χ0) is 11.8. The fourth-order valence-electron chi connectivity index (χ4n) is 1.75. The third kappa shape index (κ3) is 1.82. The van der Waals surface area contributed by atoms with Crippen LogP contribution in [0.5, 0.6) is 0 Å². The lowest BCUT2D eigenvalue weighted by Gasteiger charge is -2.40. The Morgan fingerprint density at radius 3 is 2.88 bits per heavy atom. The topological polar surface area (TPSA) is 49.4 Å². The number of thiophene rings is 1. The van der Waals surface area contributed by atoms with Gasteiger partial charge in [-0.1, -0.05) is 0 Å². The largest absolute Gasteiger partial charge is 0.345 e. The molecule has 1 aliphatic heterocycles. The molecule has 2 rings (SSSR count). The lowest BCUT2D eigenvalue weighted by atomic mass is 9.98. The average molecular weight is 238 g/mol. The van der Waals surface area contributed by atoms with Crippen LogP contribution in [0.25, 0.3) is 0 Å². The Hall–Kier alpha value is -1.36. The Morgan fingerprint density at radius 2 is 2.25 bits per heavy atom. The molecule has 16 heavy (non-hydrogen) atoms. The van der Waals surface area contributed by atoms with Crippen molar-refractivity contribution in [3.05, 3.63) is 22.4 Å². The van der Waals surface area contributed by atoms with Crippen molar-refractivity contribution in [3.8, 4) is 0 Å². The first-order valence-corrected chi connectivity index (χ1v) is 6.06. The molecule has 86 valence electrons. The second kappa shape index (κ2) is 3.90. The lowest BCUT2D eigenvalue weighted by molar-refractivity contribution is -0.152. The molecule has 0 saturated carbocycles. The first-order valence-electron chi connectivity index (χ1n) is 5.11. The molecule has 0 radical (unpaired) electrons. The maximum atomic E-state index is 11.8. The molecule has 1 aliphatic rings. The van der Waals surface area contributed by atoms with Gasteiger partial charge in [0, 0.05) is 6.54 Å². The van der Waals surface area contributed by atoms with Gasteiger partial charge in [0.05, 0.1) is 6.54 Å². The van der Waals surface area contributed by atoms with Crippen molar-refractivity contribution >= 4 is 23.2 Å². The van der Waals surface area contributed by atoms with Crippen molar-refractivity contribution in [2.45, 2.75) is 25.9 Å². The smallest absolute Gasteiger partial charge is 0.245 e. The van der Waals surface area contributed by atoms with Gasteiger partial charge < -0.3 is 10.2 Å². The summed E-state index contributed by atoms with van der Waals surface area (Å²) in [5.74, 6) is -0.127. The van der Waals surface area contributed by atoms with E-state index >= 15 is 0 Å². The lowest BCUT2D eigenvalue weighted by Crippen LogP contribution is -2.63. The summed E-state index contributed by atoms with van der Waals surface area (Å²) >= 11 is 1.59. The molecule has 4 nitrogen and oxygen atoms in total. The van der Waals surface area contributed by atoms with E-state index in [2.05, 4.69) is 5.32 Å². The number of nitrogens with zero attached hydrogens (tertiary/aromatic N) is 1. The molecule has 2 amide bonds. The van der Waals surface area contributed by atoms with Crippen LogP contribution < -0.4 is 5.32 Å². The van der Waals surface area contributed by atoms with Gasteiger partial charge in [0.15, 0.2) is 0 Å². The Kier molecular flexibility index (Phi) is 2.71. The summed E-state index contributed by atoms with van der Waals surface area (Å²) in [7, 11) is 0. The van der Waals surface area contributed by atoms with Gasteiger partial charge in [0.2, 0.25) is 11.8 Å². The highest BCUT2D eigenvalue weighted by molar-refractivity contribution is 7.07. The summed E-state index contributed by atoms with van der Waals surface area (Å²) in [6, 6.07) is 1.97. The Bertz CT molecular complexity index is 412. The van der Waals surface area contributed by atoms with E-state index in [1.165, 1.54) is 0 Å². The van der Waals surface area contributed by atoms with Crippen LogP contribution in [-0.2, 0) is 16.1 Å². The van der Waals surface area contributed by atoms with Crippen molar-refractivity contribution in [3.63, 3.8) is 0 Å². The number of hydrogen-bond donors (Lipinski definition) is 1. The zero-order valence-corrected chi connectivity index (χ0v) is 10.1. The summed E-state index contributed by atoms with van der Waals surface area (Å²) in [4.78, 5) is 25.1. The second-order valence-electron chi connectivity index (χ2n) is 4.35. The minimum absolute atomic E-state index is 0.0317. The highest BCUT2D eigenvalue weighted by Crippen LogP contribution is 2.22. The van der Waals surface area contributed by atoms with Crippen LogP contribution in [0.3, 0.4) is 0 Å². The van der Waals surface area contributed by atoms with Crippen LogP contribution in [0.4, 0.5) is 0 Å². The fourth-order valence-corrected chi connectivity index (χ4v) is 2.41. The van der Waals surface area contributed by atoms with Crippen molar-refractivity contribution in [1.82, 2.24) is 10.2 Å². The molecule has 0 aromatic carbocycles. The van der Waals surface area contributed by atoms with E-state index in [-0.39, 0.29) is 18.4 Å². The van der Waals surface area contributed by atoms with E-state index in [1.807, 2.05) is 16.8 Å². The van der Waals surface area contributed by atoms with Gasteiger partial charge >= 0.3 is 0 Å². The van der Waals surface area contributed by atoms with E-state index in [0.29, 0.717) is 6.54 Å². The van der Waals surface area contributed by atoms with Gasteiger partial charge in [-0.05, 0) is 36.2 Å². The van der Waals surface area contributed by atoms with Crippen LogP contribution in [-0.4, -0.2) is 28.8 Å². The van der Waals surface area contributed by atoms with Crippen LogP contribution in [0.2, 0.25) is 0 Å². The van der Waals surface area contributed by atoms with Crippen molar-refractivity contribution in [2.75, 3.05) is 6.54 Å². The highest BCUT2D eigenvalue weighted by atomic mass is 32.1. The van der Waals surface area contributed by atoms with Crippen molar-refractivity contribution in [2.24, 2.45) is 0 Å². The standard InChI is InChI=1S/C11H14N2O2S/c1-11(2)10(15)12-5-9(14)13(11)6-8-3-4-16-7-8/h3-4,7H,5-6H2,1-2H3,(H,12,15). The normalized spacial score (nSPS) is 19.8. The van der Waals surface area contributed by atoms with E-state index in [0.717, 1.165) is 5.56 Å². The monoisotopic (exact) mass is 238 g/mol. The minimum atomic E-state index is -0.767. The van der Waals surface area contributed by atoms with Gasteiger partial charge in [0.25, 0.3) is 0 Å². The first-order chi connectivity index (χ1) is 7.51. The molecule has 0 aliphatic carbocycles. The Balaban J connectivity index is 2.22. The SMILES string of the molecule is CC1(C)C(=O)NCC(=O)N1Cc1ccsc1. The van der Waals surface area contributed by atoms with Gasteiger partial charge in [-0.15, -0.1) is 0 Å². The van der Waals surface area contributed by atoms with Gasteiger partial charge in [-0.3, -0.25) is 9.59 Å². The Morgan fingerprint density at radius 1 is 1.50 bits per heavy atom. The van der Waals surface area contributed by atoms with E-state index < -0.39 is 5.54 Å². The third-order valence-electron chi connectivity index (χ3n) is 2.85. The maximum absolute atomic E-state index is 11.8. The molecular weight excluding hydrogens is 224 g/mol. The quantitative estimate of drug-likeness (QED) is 0.835. The van der Waals surface area contributed by atoms with Crippen molar-refractivity contribution in [1.29, 1.82) is 0 Å². The summed E-state index contributed by atoms with van der Waals surface area (Å²) in [5, 5.41) is 6.57. The average Bonchev–Trinajstić information content (AvgIpc) is 2.72. The molecule has 2 heterocycles. The minimum Gasteiger partial charge on any atom is -0.345 e. The third-order valence-corrected chi connectivity index (χ3v) is 3.58. The van der Waals surface area contributed by atoms with Gasteiger partial charge in [-0.2, -0.15) is 11.3 Å². The molecule has 0 unspecified atom stereocenters. The van der Waals surface area contributed by atoms with Gasteiger partial charge in [-0.25, -0.2) is 0 Å². The predicted molar refractivity (Wildman–Crippen MR) is 62.0 cm³/mol. The molecule has 1 N–H and O–H groups in total. The number of piperazine rings is 1. The molecule has 1 aromatic heterocycles. The Labute approximate surface area is 98.3 Å². The summed E-state index contributed by atoms with van der Waals surface area (Å²) < 4.78 is 0. The predicted octanol–water partition coefficient (Wildman–Crippen LogP) is 0.985. The maximum Gasteiger partial charge on any atom is 0.245 e. The number of carbonyl (C=O) groups excluding carboxylic acids is 2. The van der Waals surface area contributed by atoms with Gasteiger partial charge in [0.1, 0.15) is 5.54 Å². The van der Waals surface area contributed by atoms with Crippen LogP contribution in [0, 0.1) is 0 Å². The summed E-state index contributed by atoms with van der Waals surface area (Å²) in [6.45, 7) is 4.15.